The Morgan fingerprint density at radius 3 is 1.96 bits per heavy atom. The number of amides is 1. The van der Waals surface area contributed by atoms with E-state index in [2.05, 4.69) is 70.9 Å². The van der Waals surface area contributed by atoms with Gasteiger partial charge in [-0.15, -0.1) is 0 Å². The van der Waals surface area contributed by atoms with E-state index in [9.17, 15) is 4.79 Å². The van der Waals surface area contributed by atoms with Crippen LogP contribution in [0.25, 0.3) is 0 Å². The lowest BCUT2D eigenvalue weighted by Crippen LogP contribution is -2.45. The lowest BCUT2D eigenvalue weighted by molar-refractivity contribution is -0.119. The zero-order valence-corrected chi connectivity index (χ0v) is 14.3. The molecule has 1 N–H and O–H groups in total. The Bertz CT molecular complexity index is 594. The Kier molecular flexibility index (Phi) is 5.65. The Labute approximate surface area is 144 Å². The number of nitrogens with one attached hydrogen (secondary N) is 1. The third kappa shape index (κ3) is 4.45. The smallest absolute Gasteiger partial charge is 0.217 e. The molecule has 1 aliphatic rings. The summed E-state index contributed by atoms with van der Waals surface area (Å²) in [5.41, 5.74) is 2.74. The molecular formula is C21H26N2O. The molecular weight excluding hydrogens is 296 g/mol. The second kappa shape index (κ2) is 8.11. The molecule has 0 aliphatic carbocycles. The summed E-state index contributed by atoms with van der Waals surface area (Å²) >= 11 is 0. The maximum Gasteiger partial charge on any atom is 0.217 e. The molecule has 0 bridgehead atoms. The number of piperidine rings is 1. The van der Waals surface area contributed by atoms with Crippen molar-refractivity contribution in [2.24, 2.45) is 0 Å². The normalized spacial score (nSPS) is 16.2. The van der Waals surface area contributed by atoms with E-state index in [4.69, 9.17) is 0 Å². The Morgan fingerprint density at radius 1 is 1.00 bits per heavy atom. The first-order chi connectivity index (χ1) is 11.7. The van der Waals surface area contributed by atoms with E-state index in [0.717, 1.165) is 32.5 Å². The molecule has 1 amide bonds. The third-order valence-electron chi connectivity index (χ3n) is 4.84. The van der Waals surface area contributed by atoms with Gasteiger partial charge in [0.15, 0.2) is 0 Å². The van der Waals surface area contributed by atoms with Gasteiger partial charge >= 0.3 is 0 Å². The molecule has 1 saturated heterocycles. The minimum absolute atomic E-state index is 0.0832. The first-order valence-corrected chi connectivity index (χ1v) is 8.81. The standard InChI is InChI=1S/C21H26N2O/c1-17(24)22-20-12-14-23(15-13-20)16-21(18-8-4-2-5-9-18)19-10-6-3-7-11-19/h2-11,20-21H,12-16H2,1H3,(H,22,24). The fourth-order valence-electron chi connectivity index (χ4n) is 3.58. The van der Waals surface area contributed by atoms with Crippen molar-refractivity contribution < 1.29 is 4.79 Å². The van der Waals surface area contributed by atoms with Crippen LogP contribution in [0.5, 0.6) is 0 Å². The summed E-state index contributed by atoms with van der Waals surface area (Å²) in [6.45, 7) is 4.72. The maximum atomic E-state index is 11.2. The highest BCUT2D eigenvalue weighted by molar-refractivity contribution is 5.73. The SMILES string of the molecule is CC(=O)NC1CCN(CC(c2ccccc2)c2ccccc2)CC1. The molecule has 3 nitrogen and oxygen atoms in total. The summed E-state index contributed by atoms with van der Waals surface area (Å²) in [5, 5.41) is 3.05. The van der Waals surface area contributed by atoms with Crippen molar-refractivity contribution in [3.05, 3.63) is 71.8 Å². The van der Waals surface area contributed by atoms with Gasteiger partial charge in [0.25, 0.3) is 0 Å². The highest BCUT2D eigenvalue weighted by Crippen LogP contribution is 2.26. The van der Waals surface area contributed by atoms with Crippen LogP contribution in [-0.4, -0.2) is 36.5 Å². The molecule has 3 rings (SSSR count). The number of likely N-dealkylation sites (tertiary alicyclic amines) is 1. The highest BCUT2D eigenvalue weighted by atomic mass is 16.1. The van der Waals surface area contributed by atoms with Gasteiger partial charge in [-0.1, -0.05) is 60.7 Å². The largest absolute Gasteiger partial charge is 0.354 e. The molecule has 0 radical (unpaired) electrons. The first-order valence-electron chi connectivity index (χ1n) is 8.81. The van der Waals surface area contributed by atoms with Crippen LogP contribution in [0.2, 0.25) is 0 Å². The molecule has 3 heteroatoms. The van der Waals surface area contributed by atoms with Crippen LogP contribution in [0, 0.1) is 0 Å². The average Bonchev–Trinajstić information content (AvgIpc) is 2.62. The van der Waals surface area contributed by atoms with Crippen LogP contribution in [0.3, 0.4) is 0 Å². The van der Waals surface area contributed by atoms with Gasteiger partial charge in [0.2, 0.25) is 5.91 Å². The van der Waals surface area contributed by atoms with Crippen molar-refractivity contribution in [2.75, 3.05) is 19.6 Å². The molecule has 2 aromatic rings. The van der Waals surface area contributed by atoms with Crippen LogP contribution in [0.4, 0.5) is 0 Å². The molecule has 0 aromatic heterocycles. The first kappa shape index (κ1) is 16.7. The van der Waals surface area contributed by atoms with Crippen molar-refractivity contribution >= 4 is 5.91 Å². The van der Waals surface area contributed by atoms with Crippen LogP contribution >= 0.6 is 0 Å². The van der Waals surface area contributed by atoms with E-state index in [1.807, 2.05) is 0 Å². The van der Waals surface area contributed by atoms with Gasteiger partial charge in [-0.05, 0) is 24.0 Å². The number of hydrogen-bond donors (Lipinski definition) is 1. The van der Waals surface area contributed by atoms with Gasteiger partial charge in [0.05, 0.1) is 0 Å². The van der Waals surface area contributed by atoms with Gasteiger partial charge < -0.3 is 10.2 Å². The van der Waals surface area contributed by atoms with Crippen molar-refractivity contribution in [1.82, 2.24) is 10.2 Å². The molecule has 1 aliphatic heterocycles. The number of carbonyl (C=O) groups is 1. The Balaban J connectivity index is 1.69. The number of benzene rings is 2. The molecule has 0 atom stereocenters. The topological polar surface area (TPSA) is 32.3 Å². The number of hydrogen-bond acceptors (Lipinski definition) is 2. The predicted molar refractivity (Wildman–Crippen MR) is 98.0 cm³/mol. The summed E-state index contributed by atoms with van der Waals surface area (Å²) in [6.07, 6.45) is 2.08. The zero-order chi connectivity index (χ0) is 16.8. The Morgan fingerprint density at radius 2 is 1.50 bits per heavy atom. The van der Waals surface area contributed by atoms with E-state index in [1.54, 1.807) is 6.92 Å². The number of rotatable bonds is 5. The third-order valence-corrected chi connectivity index (χ3v) is 4.84. The number of carbonyl (C=O) groups excluding carboxylic acids is 1. The summed E-state index contributed by atoms with van der Waals surface area (Å²) in [4.78, 5) is 13.7. The molecule has 1 fully saturated rings. The fourth-order valence-corrected chi connectivity index (χ4v) is 3.58. The molecule has 0 saturated carbocycles. The maximum absolute atomic E-state index is 11.2. The summed E-state index contributed by atoms with van der Waals surface area (Å²) < 4.78 is 0. The highest BCUT2D eigenvalue weighted by Gasteiger charge is 2.23. The zero-order valence-electron chi connectivity index (χ0n) is 14.3. The Hall–Kier alpha value is -2.13. The minimum Gasteiger partial charge on any atom is -0.354 e. The van der Waals surface area contributed by atoms with Crippen LogP contribution in [0.1, 0.15) is 36.8 Å². The van der Waals surface area contributed by atoms with Crippen LogP contribution in [-0.2, 0) is 4.79 Å². The molecule has 0 spiro atoms. The second-order valence-electron chi connectivity index (χ2n) is 6.65. The lowest BCUT2D eigenvalue weighted by atomic mass is 9.90. The van der Waals surface area contributed by atoms with Gasteiger partial charge in [-0.3, -0.25) is 4.79 Å². The van der Waals surface area contributed by atoms with Crippen molar-refractivity contribution in [2.45, 2.75) is 31.7 Å². The molecule has 0 unspecified atom stereocenters. The molecule has 1 heterocycles. The van der Waals surface area contributed by atoms with Crippen LogP contribution < -0.4 is 5.32 Å². The predicted octanol–water partition coefficient (Wildman–Crippen LogP) is 3.42. The second-order valence-corrected chi connectivity index (χ2v) is 6.65. The van der Waals surface area contributed by atoms with Crippen LogP contribution in [0.15, 0.2) is 60.7 Å². The van der Waals surface area contributed by atoms with Gasteiger partial charge in [0, 0.05) is 38.5 Å². The molecule has 126 valence electrons. The quantitative estimate of drug-likeness (QED) is 0.915. The van der Waals surface area contributed by atoms with E-state index in [-0.39, 0.29) is 5.91 Å². The van der Waals surface area contributed by atoms with E-state index in [1.165, 1.54) is 11.1 Å². The number of nitrogens with zero attached hydrogens (tertiary/aromatic N) is 1. The average molecular weight is 322 g/mol. The van der Waals surface area contributed by atoms with Crippen molar-refractivity contribution in [3.63, 3.8) is 0 Å². The van der Waals surface area contributed by atoms with Gasteiger partial charge in [-0.25, -0.2) is 0 Å². The van der Waals surface area contributed by atoms with Gasteiger partial charge in [0.1, 0.15) is 0 Å². The fraction of sp³-hybridized carbons (Fsp3) is 0.381. The lowest BCUT2D eigenvalue weighted by Gasteiger charge is -2.34. The molecule has 2 aromatic carbocycles. The van der Waals surface area contributed by atoms with E-state index >= 15 is 0 Å². The van der Waals surface area contributed by atoms with E-state index < -0.39 is 0 Å². The summed E-state index contributed by atoms with van der Waals surface area (Å²) in [5.74, 6) is 0.476. The monoisotopic (exact) mass is 322 g/mol. The minimum atomic E-state index is 0.0832. The van der Waals surface area contributed by atoms with Gasteiger partial charge in [-0.2, -0.15) is 0 Å². The summed E-state index contributed by atoms with van der Waals surface area (Å²) in [7, 11) is 0. The summed E-state index contributed by atoms with van der Waals surface area (Å²) in [6, 6.07) is 21.9. The molecule has 24 heavy (non-hydrogen) atoms. The van der Waals surface area contributed by atoms with Crippen molar-refractivity contribution in [3.8, 4) is 0 Å². The van der Waals surface area contributed by atoms with Crippen molar-refractivity contribution in [1.29, 1.82) is 0 Å². The van der Waals surface area contributed by atoms with E-state index in [0.29, 0.717) is 12.0 Å².